The average Bonchev–Trinajstić information content (AvgIpc) is 2.73. The van der Waals surface area contributed by atoms with Crippen LogP contribution in [0.2, 0.25) is 0 Å². The second kappa shape index (κ2) is 6.23. The van der Waals surface area contributed by atoms with Gasteiger partial charge in [-0.2, -0.15) is 0 Å². The fourth-order valence-electron chi connectivity index (χ4n) is 2.05. The summed E-state index contributed by atoms with van der Waals surface area (Å²) in [5.74, 6) is -0.226. The van der Waals surface area contributed by atoms with Gasteiger partial charge in [0.25, 0.3) is 0 Å². The van der Waals surface area contributed by atoms with E-state index in [0.717, 1.165) is 28.4 Å². The first-order valence-electron chi connectivity index (χ1n) is 6.15. The second-order valence-corrected chi connectivity index (χ2v) is 5.76. The van der Waals surface area contributed by atoms with E-state index in [2.05, 4.69) is 15.3 Å². The molecular weight excluding hydrogens is 261 g/mol. The molecule has 2 aromatic rings. The predicted molar refractivity (Wildman–Crippen MR) is 76.3 cm³/mol. The molecule has 0 atom stereocenters. The molecule has 0 saturated carbocycles. The van der Waals surface area contributed by atoms with Crippen molar-refractivity contribution < 1.29 is 4.39 Å². The lowest BCUT2D eigenvalue weighted by Crippen LogP contribution is -2.17. The molecule has 0 bridgehead atoms. The highest BCUT2D eigenvalue weighted by molar-refractivity contribution is 7.09. The van der Waals surface area contributed by atoms with Crippen molar-refractivity contribution in [2.45, 2.75) is 26.6 Å². The maximum Gasteiger partial charge on any atom is 0.123 e. The first kappa shape index (κ1) is 14.1. The number of hydrogen-bond acceptors (Lipinski definition) is 4. The molecule has 5 heteroatoms. The summed E-state index contributed by atoms with van der Waals surface area (Å²) in [6.07, 6.45) is 0. The molecule has 0 unspecified atom stereocenters. The van der Waals surface area contributed by atoms with Gasteiger partial charge in [-0.3, -0.25) is 4.90 Å². The maximum atomic E-state index is 13.4. The third-order valence-electron chi connectivity index (χ3n) is 2.80. The number of hydrogen-bond donors (Lipinski definition) is 1. The molecule has 102 valence electrons. The number of nitrogens with zero attached hydrogens (tertiary/aromatic N) is 2. The Balaban J connectivity index is 2.02. The molecule has 0 aliphatic heterocycles. The van der Waals surface area contributed by atoms with Gasteiger partial charge in [0, 0.05) is 25.0 Å². The lowest BCUT2D eigenvalue weighted by atomic mass is 10.1. The lowest BCUT2D eigenvalue weighted by molar-refractivity contribution is 0.315. The zero-order valence-corrected chi connectivity index (χ0v) is 12.0. The summed E-state index contributed by atoms with van der Waals surface area (Å²) in [7, 11) is 2.00. The third kappa shape index (κ3) is 4.09. The topological polar surface area (TPSA) is 42.2 Å². The molecule has 1 aromatic carbocycles. The minimum Gasteiger partial charge on any atom is -0.326 e. The summed E-state index contributed by atoms with van der Waals surface area (Å²) in [6.45, 7) is 3.80. The Bertz CT molecular complexity index is 553. The van der Waals surface area contributed by atoms with Crippen molar-refractivity contribution in [2.75, 3.05) is 7.05 Å². The number of halogens is 1. The van der Waals surface area contributed by atoms with E-state index in [9.17, 15) is 4.39 Å². The quantitative estimate of drug-likeness (QED) is 0.915. The van der Waals surface area contributed by atoms with Gasteiger partial charge in [0.2, 0.25) is 0 Å². The minimum atomic E-state index is -0.226. The van der Waals surface area contributed by atoms with Gasteiger partial charge < -0.3 is 5.73 Å². The Labute approximate surface area is 116 Å². The van der Waals surface area contributed by atoms with E-state index in [1.165, 1.54) is 6.07 Å². The number of aromatic nitrogens is 1. The number of rotatable bonds is 5. The molecule has 0 amide bonds. The Kier molecular flexibility index (Phi) is 4.63. The van der Waals surface area contributed by atoms with Crippen molar-refractivity contribution in [1.29, 1.82) is 0 Å². The first-order valence-corrected chi connectivity index (χ1v) is 7.02. The lowest BCUT2D eigenvalue weighted by Gasteiger charge is -2.16. The fraction of sp³-hybridized carbons (Fsp3) is 0.357. The predicted octanol–water partition coefficient (Wildman–Crippen LogP) is 2.68. The van der Waals surface area contributed by atoms with E-state index >= 15 is 0 Å². The largest absolute Gasteiger partial charge is 0.326 e. The highest BCUT2D eigenvalue weighted by atomic mass is 32.1. The summed E-state index contributed by atoms with van der Waals surface area (Å²) in [4.78, 5) is 6.54. The van der Waals surface area contributed by atoms with Crippen LogP contribution in [0.25, 0.3) is 0 Å². The SMILES string of the molecule is Cc1nc(CN(C)Cc2cc(F)cc(CN)c2)cs1. The Morgan fingerprint density at radius 2 is 2.00 bits per heavy atom. The highest BCUT2D eigenvalue weighted by Gasteiger charge is 2.06. The van der Waals surface area contributed by atoms with Gasteiger partial charge in [-0.25, -0.2) is 9.37 Å². The van der Waals surface area contributed by atoms with Crippen LogP contribution in [0, 0.1) is 12.7 Å². The molecule has 1 aromatic heterocycles. The highest BCUT2D eigenvalue weighted by Crippen LogP contribution is 2.14. The van der Waals surface area contributed by atoms with Gasteiger partial charge in [-0.05, 0) is 37.2 Å². The average molecular weight is 279 g/mol. The van der Waals surface area contributed by atoms with Crippen LogP contribution < -0.4 is 5.73 Å². The van der Waals surface area contributed by atoms with E-state index in [1.54, 1.807) is 17.4 Å². The summed E-state index contributed by atoms with van der Waals surface area (Å²) in [6, 6.07) is 4.99. The van der Waals surface area contributed by atoms with Crippen molar-refractivity contribution in [3.8, 4) is 0 Å². The molecular formula is C14H18FN3S. The normalized spacial score (nSPS) is 11.2. The van der Waals surface area contributed by atoms with Crippen molar-refractivity contribution in [2.24, 2.45) is 5.73 Å². The summed E-state index contributed by atoms with van der Waals surface area (Å²) < 4.78 is 13.4. The van der Waals surface area contributed by atoms with E-state index in [4.69, 9.17) is 5.73 Å². The number of aryl methyl sites for hydroxylation is 1. The van der Waals surface area contributed by atoms with Crippen LogP contribution in [-0.2, 0) is 19.6 Å². The zero-order chi connectivity index (χ0) is 13.8. The standard InChI is InChI=1S/C14H18FN3S/c1-10-17-14(9-19-10)8-18(2)7-12-3-11(6-16)4-13(15)5-12/h3-5,9H,6-8,16H2,1-2H3. The van der Waals surface area contributed by atoms with Crippen LogP contribution in [0.3, 0.4) is 0 Å². The first-order chi connectivity index (χ1) is 9.06. The van der Waals surface area contributed by atoms with Gasteiger partial charge in [-0.1, -0.05) is 6.07 Å². The second-order valence-electron chi connectivity index (χ2n) is 4.70. The molecule has 0 saturated heterocycles. The van der Waals surface area contributed by atoms with Crippen LogP contribution in [0.15, 0.2) is 23.6 Å². The van der Waals surface area contributed by atoms with Crippen molar-refractivity contribution in [3.63, 3.8) is 0 Å². The van der Waals surface area contributed by atoms with Gasteiger partial charge in [-0.15, -0.1) is 11.3 Å². The Hall–Kier alpha value is -1.30. The van der Waals surface area contributed by atoms with Crippen molar-refractivity contribution in [1.82, 2.24) is 9.88 Å². The molecule has 2 rings (SSSR count). The monoisotopic (exact) mass is 279 g/mol. The molecule has 3 nitrogen and oxygen atoms in total. The molecule has 2 N–H and O–H groups in total. The van der Waals surface area contributed by atoms with Crippen LogP contribution in [-0.4, -0.2) is 16.9 Å². The number of nitrogens with two attached hydrogens (primary N) is 1. The molecule has 1 heterocycles. The van der Waals surface area contributed by atoms with Crippen molar-refractivity contribution in [3.05, 3.63) is 51.2 Å². The Morgan fingerprint density at radius 3 is 2.63 bits per heavy atom. The van der Waals surface area contributed by atoms with Gasteiger partial charge in [0.05, 0.1) is 10.7 Å². The summed E-state index contributed by atoms with van der Waals surface area (Å²) in [5, 5.41) is 3.13. The molecule has 0 spiro atoms. The molecule has 0 fully saturated rings. The molecule has 0 aliphatic carbocycles. The van der Waals surface area contributed by atoms with Crippen molar-refractivity contribution >= 4 is 11.3 Å². The van der Waals surface area contributed by atoms with Gasteiger partial charge in [0.1, 0.15) is 5.82 Å². The van der Waals surface area contributed by atoms with E-state index in [-0.39, 0.29) is 5.82 Å². The number of thiazole rings is 1. The minimum absolute atomic E-state index is 0.226. The molecule has 0 radical (unpaired) electrons. The number of benzene rings is 1. The van der Waals surface area contributed by atoms with Crippen LogP contribution >= 0.6 is 11.3 Å². The van der Waals surface area contributed by atoms with E-state index < -0.39 is 0 Å². The molecule has 19 heavy (non-hydrogen) atoms. The zero-order valence-electron chi connectivity index (χ0n) is 11.2. The fourth-order valence-corrected chi connectivity index (χ4v) is 2.66. The van der Waals surface area contributed by atoms with Crippen LogP contribution in [0.1, 0.15) is 21.8 Å². The van der Waals surface area contributed by atoms with E-state index in [0.29, 0.717) is 13.1 Å². The van der Waals surface area contributed by atoms with Gasteiger partial charge >= 0.3 is 0 Å². The summed E-state index contributed by atoms with van der Waals surface area (Å²) in [5.41, 5.74) is 8.38. The molecule has 0 aliphatic rings. The van der Waals surface area contributed by atoms with E-state index in [1.807, 2.05) is 20.0 Å². The Morgan fingerprint density at radius 1 is 1.26 bits per heavy atom. The van der Waals surface area contributed by atoms with Gasteiger partial charge in [0.15, 0.2) is 0 Å². The summed E-state index contributed by atoms with van der Waals surface area (Å²) >= 11 is 1.65. The maximum absolute atomic E-state index is 13.4. The third-order valence-corrected chi connectivity index (χ3v) is 3.63. The van der Waals surface area contributed by atoms with Crippen LogP contribution in [0.5, 0.6) is 0 Å². The smallest absolute Gasteiger partial charge is 0.123 e. The van der Waals surface area contributed by atoms with Crippen LogP contribution in [0.4, 0.5) is 4.39 Å².